The molecule has 2 aromatic carbocycles. The van der Waals surface area contributed by atoms with Crippen molar-refractivity contribution in [3.05, 3.63) is 64.0 Å². The van der Waals surface area contributed by atoms with Crippen LogP contribution in [0.15, 0.2) is 52.9 Å². The molecule has 26 heavy (non-hydrogen) atoms. The van der Waals surface area contributed by atoms with E-state index in [4.69, 9.17) is 26.8 Å². The van der Waals surface area contributed by atoms with Crippen LogP contribution < -0.4 is 20.6 Å². The van der Waals surface area contributed by atoms with Crippen molar-refractivity contribution < 1.29 is 9.47 Å². The second-order valence-electron chi connectivity index (χ2n) is 5.26. The van der Waals surface area contributed by atoms with E-state index in [1.54, 1.807) is 30.8 Å². The minimum absolute atomic E-state index is 0.400. The highest BCUT2D eigenvalue weighted by atomic mass is 35.5. The maximum Gasteiger partial charge on any atom is 0.205 e. The van der Waals surface area contributed by atoms with Crippen LogP contribution in [0.4, 0.5) is 10.9 Å². The molecule has 8 heteroatoms. The summed E-state index contributed by atoms with van der Waals surface area (Å²) in [5, 5.41) is 6.92. The van der Waals surface area contributed by atoms with Crippen LogP contribution in [0.25, 0.3) is 0 Å². The number of thiazole rings is 1. The molecule has 1 aromatic heterocycles. The number of benzene rings is 2. The average Bonchev–Trinajstić information content (AvgIpc) is 3.06. The molecule has 6 nitrogen and oxygen atoms in total. The summed E-state index contributed by atoms with van der Waals surface area (Å²) in [7, 11) is 1.57. The molecule has 0 atom stereocenters. The number of nitrogens with two attached hydrogens (primary N) is 1. The van der Waals surface area contributed by atoms with Crippen LogP contribution in [0.2, 0.25) is 5.02 Å². The second kappa shape index (κ2) is 8.55. The van der Waals surface area contributed by atoms with Crippen LogP contribution >= 0.6 is 22.9 Å². The fourth-order valence-electron chi connectivity index (χ4n) is 2.18. The van der Waals surface area contributed by atoms with Gasteiger partial charge in [0.1, 0.15) is 12.4 Å². The van der Waals surface area contributed by atoms with Gasteiger partial charge in [0.05, 0.1) is 18.3 Å². The predicted molar refractivity (Wildman–Crippen MR) is 107 cm³/mol. The van der Waals surface area contributed by atoms with Crippen LogP contribution in [0, 0.1) is 0 Å². The third-order valence-corrected chi connectivity index (χ3v) is 4.42. The third-order valence-electron chi connectivity index (χ3n) is 3.37. The van der Waals surface area contributed by atoms with Crippen LogP contribution in [-0.4, -0.2) is 18.3 Å². The van der Waals surface area contributed by atoms with Crippen molar-refractivity contribution in [2.75, 3.05) is 18.3 Å². The normalized spacial score (nSPS) is 10.8. The Balaban J connectivity index is 1.71. The summed E-state index contributed by atoms with van der Waals surface area (Å²) in [6.45, 7) is 0.400. The zero-order valence-corrected chi connectivity index (χ0v) is 15.6. The van der Waals surface area contributed by atoms with Gasteiger partial charge in [0, 0.05) is 5.38 Å². The first kappa shape index (κ1) is 18.0. The molecule has 3 rings (SSSR count). The first-order valence-corrected chi connectivity index (χ1v) is 8.96. The number of aromatic nitrogens is 1. The number of nitrogens with zero attached hydrogens (tertiary/aromatic N) is 2. The summed E-state index contributed by atoms with van der Waals surface area (Å²) in [6, 6.07) is 13.4. The van der Waals surface area contributed by atoms with E-state index in [-0.39, 0.29) is 0 Å². The number of halogens is 1. The van der Waals surface area contributed by atoms with Gasteiger partial charge in [-0.1, -0.05) is 41.9 Å². The van der Waals surface area contributed by atoms with Gasteiger partial charge in [0.15, 0.2) is 11.5 Å². The van der Waals surface area contributed by atoms with Gasteiger partial charge < -0.3 is 15.2 Å². The smallest absolute Gasteiger partial charge is 0.205 e. The number of hydrogen-bond acceptors (Lipinski definition) is 7. The Hall–Kier alpha value is -2.77. The van der Waals surface area contributed by atoms with Crippen LogP contribution in [0.1, 0.15) is 11.1 Å². The number of hydrazone groups is 1. The molecule has 0 fully saturated rings. The molecule has 0 saturated carbocycles. The molecule has 0 amide bonds. The maximum atomic E-state index is 6.36. The van der Waals surface area contributed by atoms with Crippen LogP contribution in [-0.2, 0) is 6.61 Å². The lowest BCUT2D eigenvalue weighted by Gasteiger charge is -2.13. The lowest BCUT2D eigenvalue weighted by molar-refractivity contribution is 0.284. The van der Waals surface area contributed by atoms with E-state index in [0.717, 1.165) is 11.1 Å². The lowest BCUT2D eigenvalue weighted by Crippen LogP contribution is -1.99. The zero-order valence-electron chi connectivity index (χ0n) is 14.0. The minimum atomic E-state index is 0.400. The molecule has 0 unspecified atom stereocenters. The van der Waals surface area contributed by atoms with E-state index < -0.39 is 0 Å². The molecule has 0 aliphatic rings. The second-order valence-corrected chi connectivity index (χ2v) is 6.52. The Kier molecular flexibility index (Phi) is 5.93. The quantitative estimate of drug-likeness (QED) is 0.462. The molecule has 1 heterocycles. The molecule has 0 aliphatic heterocycles. The SMILES string of the molecule is COc1cc(C=NNc2nc(N)cs2)cc(Cl)c1OCc1ccccc1. The van der Waals surface area contributed by atoms with E-state index >= 15 is 0 Å². The molecule has 0 bridgehead atoms. The van der Waals surface area contributed by atoms with Gasteiger partial charge in [-0.3, -0.25) is 5.43 Å². The summed E-state index contributed by atoms with van der Waals surface area (Å²) in [5.41, 5.74) is 10.2. The van der Waals surface area contributed by atoms with E-state index in [9.17, 15) is 0 Å². The number of nitrogens with one attached hydrogen (secondary N) is 1. The van der Waals surface area contributed by atoms with Crippen molar-refractivity contribution in [2.45, 2.75) is 6.61 Å². The van der Waals surface area contributed by atoms with Crippen molar-refractivity contribution in [1.82, 2.24) is 4.98 Å². The number of ether oxygens (including phenoxy) is 2. The van der Waals surface area contributed by atoms with Crippen molar-refractivity contribution in [2.24, 2.45) is 5.10 Å². The molecule has 0 radical (unpaired) electrons. The Bertz CT molecular complexity index is 899. The molecule has 0 aliphatic carbocycles. The Morgan fingerprint density at radius 3 is 2.81 bits per heavy atom. The number of rotatable bonds is 7. The fraction of sp³-hybridized carbons (Fsp3) is 0.111. The van der Waals surface area contributed by atoms with Gasteiger partial charge in [0.2, 0.25) is 5.13 Å². The Labute approximate surface area is 160 Å². The number of hydrogen-bond donors (Lipinski definition) is 2. The van der Waals surface area contributed by atoms with Crippen molar-refractivity contribution >= 4 is 40.1 Å². The number of anilines is 2. The van der Waals surface area contributed by atoms with E-state index in [0.29, 0.717) is 34.1 Å². The van der Waals surface area contributed by atoms with Gasteiger partial charge in [-0.05, 0) is 23.3 Å². The largest absolute Gasteiger partial charge is 0.493 e. The van der Waals surface area contributed by atoms with Gasteiger partial charge >= 0.3 is 0 Å². The van der Waals surface area contributed by atoms with E-state index in [1.807, 2.05) is 30.3 Å². The lowest BCUT2D eigenvalue weighted by atomic mass is 10.2. The van der Waals surface area contributed by atoms with Gasteiger partial charge in [-0.2, -0.15) is 5.10 Å². The summed E-state index contributed by atoms with van der Waals surface area (Å²) >= 11 is 7.74. The minimum Gasteiger partial charge on any atom is -0.493 e. The van der Waals surface area contributed by atoms with Crippen molar-refractivity contribution in [1.29, 1.82) is 0 Å². The van der Waals surface area contributed by atoms with Crippen LogP contribution in [0.3, 0.4) is 0 Å². The summed E-state index contributed by atoms with van der Waals surface area (Å²) in [4.78, 5) is 4.06. The zero-order chi connectivity index (χ0) is 18.4. The Morgan fingerprint density at radius 2 is 2.12 bits per heavy atom. The van der Waals surface area contributed by atoms with Crippen LogP contribution in [0.5, 0.6) is 11.5 Å². The van der Waals surface area contributed by atoms with Gasteiger partial charge in [0.25, 0.3) is 0 Å². The summed E-state index contributed by atoms with van der Waals surface area (Å²) in [5.74, 6) is 1.49. The maximum absolute atomic E-state index is 6.36. The first-order valence-electron chi connectivity index (χ1n) is 7.70. The first-order chi connectivity index (χ1) is 12.7. The fourth-order valence-corrected chi connectivity index (χ4v) is 3.01. The van der Waals surface area contributed by atoms with E-state index in [2.05, 4.69) is 15.5 Å². The molecule has 0 spiro atoms. The van der Waals surface area contributed by atoms with Gasteiger partial charge in [-0.25, -0.2) is 4.98 Å². The van der Waals surface area contributed by atoms with Crippen molar-refractivity contribution in [3.63, 3.8) is 0 Å². The summed E-state index contributed by atoms with van der Waals surface area (Å²) in [6.07, 6.45) is 1.62. The number of methoxy groups -OCH3 is 1. The standard InChI is InChI=1S/C18H17ClN4O2S/c1-24-15-8-13(9-21-23-18-22-16(20)11-26-18)7-14(19)17(15)25-10-12-5-3-2-4-6-12/h2-9,11H,10,20H2,1H3,(H,22,23). The highest BCUT2D eigenvalue weighted by Gasteiger charge is 2.12. The molecule has 0 saturated heterocycles. The number of nitrogen functional groups attached to an aromatic ring is 1. The molecule has 3 N–H and O–H groups in total. The molecular formula is C18H17ClN4O2S. The van der Waals surface area contributed by atoms with Crippen molar-refractivity contribution in [3.8, 4) is 11.5 Å². The topological polar surface area (TPSA) is 81.8 Å². The Morgan fingerprint density at radius 1 is 1.31 bits per heavy atom. The highest BCUT2D eigenvalue weighted by molar-refractivity contribution is 7.14. The molecule has 134 valence electrons. The predicted octanol–water partition coefficient (Wildman–Crippen LogP) is 4.41. The highest BCUT2D eigenvalue weighted by Crippen LogP contribution is 2.36. The van der Waals surface area contributed by atoms with E-state index in [1.165, 1.54) is 11.3 Å². The average molecular weight is 389 g/mol. The monoisotopic (exact) mass is 388 g/mol. The third kappa shape index (κ3) is 4.65. The molecule has 3 aromatic rings. The summed E-state index contributed by atoms with van der Waals surface area (Å²) < 4.78 is 11.2. The molecular weight excluding hydrogens is 372 g/mol. The van der Waals surface area contributed by atoms with Gasteiger partial charge in [-0.15, -0.1) is 11.3 Å².